The quantitative estimate of drug-likeness (QED) is 0.852. The lowest BCUT2D eigenvalue weighted by atomic mass is 9.86. The van der Waals surface area contributed by atoms with Crippen molar-refractivity contribution in [1.29, 1.82) is 0 Å². The van der Waals surface area contributed by atoms with Crippen LogP contribution in [-0.2, 0) is 6.42 Å². The summed E-state index contributed by atoms with van der Waals surface area (Å²) < 4.78 is 13.6. The number of benzene rings is 1. The smallest absolute Gasteiger partial charge is 0.126 e. The van der Waals surface area contributed by atoms with E-state index >= 15 is 0 Å². The molecule has 1 N–H and O–H groups in total. The first kappa shape index (κ1) is 13.5. The summed E-state index contributed by atoms with van der Waals surface area (Å²) in [7, 11) is 0. The molecule has 0 aromatic heterocycles. The van der Waals surface area contributed by atoms with Gasteiger partial charge in [0.15, 0.2) is 0 Å². The highest BCUT2D eigenvalue weighted by Gasteiger charge is 2.20. The second kappa shape index (κ2) is 6.33. The molecule has 2 rings (SSSR count). The van der Waals surface area contributed by atoms with Gasteiger partial charge in [0, 0.05) is 12.1 Å². The van der Waals surface area contributed by atoms with Gasteiger partial charge in [0.2, 0.25) is 0 Å². The lowest BCUT2D eigenvalue weighted by molar-refractivity contribution is 0.283. The van der Waals surface area contributed by atoms with Crippen molar-refractivity contribution in [2.45, 2.75) is 58.0 Å². The normalized spacial score (nSPS) is 25.9. The third-order valence-electron chi connectivity index (χ3n) is 3.94. The van der Waals surface area contributed by atoms with Gasteiger partial charge in [0.05, 0.1) is 0 Å². The standard InChI is InChI=1S/C16H24FN/c1-12-6-5-8-15(10-12)18-13(2)11-14-7-3-4-9-16(14)17/h3-4,7,9,12-13,15,18H,5-6,8,10-11H2,1-2H3. The molecule has 0 aliphatic heterocycles. The van der Waals surface area contributed by atoms with Crippen molar-refractivity contribution in [2.24, 2.45) is 5.92 Å². The molecule has 3 atom stereocenters. The van der Waals surface area contributed by atoms with Crippen molar-refractivity contribution in [3.8, 4) is 0 Å². The third kappa shape index (κ3) is 3.81. The molecule has 2 heteroatoms. The molecule has 0 spiro atoms. The predicted molar refractivity (Wildman–Crippen MR) is 74.1 cm³/mol. The number of rotatable bonds is 4. The molecule has 1 nitrogen and oxygen atoms in total. The topological polar surface area (TPSA) is 12.0 Å². The highest BCUT2D eigenvalue weighted by Crippen LogP contribution is 2.24. The van der Waals surface area contributed by atoms with Crippen molar-refractivity contribution >= 4 is 0 Å². The Morgan fingerprint density at radius 3 is 2.83 bits per heavy atom. The Morgan fingerprint density at radius 1 is 1.33 bits per heavy atom. The summed E-state index contributed by atoms with van der Waals surface area (Å²) in [6.45, 7) is 4.49. The number of hydrogen-bond donors (Lipinski definition) is 1. The van der Waals surface area contributed by atoms with Crippen LogP contribution in [0.3, 0.4) is 0 Å². The van der Waals surface area contributed by atoms with Gasteiger partial charge in [-0.15, -0.1) is 0 Å². The first-order chi connectivity index (χ1) is 8.65. The highest BCUT2D eigenvalue weighted by atomic mass is 19.1. The van der Waals surface area contributed by atoms with Gasteiger partial charge >= 0.3 is 0 Å². The Labute approximate surface area is 110 Å². The summed E-state index contributed by atoms with van der Waals surface area (Å²) in [5, 5.41) is 3.66. The second-order valence-corrected chi connectivity index (χ2v) is 5.83. The fourth-order valence-corrected chi connectivity index (χ4v) is 3.04. The van der Waals surface area contributed by atoms with E-state index in [-0.39, 0.29) is 5.82 Å². The summed E-state index contributed by atoms with van der Waals surface area (Å²) in [6.07, 6.45) is 6.00. The molecule has 1 aliphatic rings. The van der Waals surface area contributed by atoms with E-state index in [0.29, 0.717) is 12.1 Å². The Morgan fingerprint density at radius 2 is 2.11 bits per heavy atom. The Balaban J connectivity index is 1.85. The van der Waals surface area contributed by atoms with Crippen LogP contribution in [0.4, 0.5) is 4.39 Å². The van der Waals surface area contributed by atoms with Gasteiger partial charge in [0.25, 0.3) is 0 Å². The van der Waals surface area contributed by atoms with Crippen LogP contribution in [0.2, 0.25) is 0 Å². The monoisotopic (exact) mass is 249 g/mol. The molecule has 1 aromatic carbocycles. The van der Waals surface area contributed by atoms with E-state index < -0.39 is 0 Å². The minimum absolute atomic E-state index is 0.0804. The molecule has 1 aliphatic carbocycles. The van der Waals surface area contributed by atoms with E-state index in [1.54, 1.807) is 12.1 Å². The van der Waals surface area contributed by atoms with E-state index in [2.05, 4.69) is 19.2 Å². The number of hydrogen-bond acceptors (Lipinski definition) is 1. The maximum absolute atomic E-state index is 13.6. The maximum Gasteiger partial charge on any atom is 0.126 e. The summed E-state index contributed by atoms with van der Waals surface area (Å²) >= 11 is 0. The van der Waals surface area contributed by atoms with Crippen LogP contribution in [0.15, 0.2) is 24.3 Å². The minimum Gasteiger partial charge on any atom is -0.311 e. The van der Waals surface area contributed by atoms with Crippen LogP contribution in [0, 0.1) is 11.7 Å². The van der Waals surface area contributed by atoms with E-state index in [1.807, 2.05) is 12.1 Å². The van der Waals surface area contributed by atoms with Crippen molar-refractivity contribution in [2.75, 3.05) is 0 Å². The zero-order valence-electron chi connectivity index (χ0n) is 11.5. The molecule has 0 bridgehead atoms. The molecule has 0 amide bonds. The van der Waals surface area contributed by atoms with Crippen molar-refractivity contribution in [1.82, 2.24) is 5.32 Å². The van der Waals surface area contributed by atoms with Gasteiger partial charge in [0.1, 0.15) is 5.82 Å². The van der Waals surface area contributed by atoms with E-state index in [9.17, 15) is 4.39 Å². The molecule has 1 aromatic rings. The second-order valence-electron chi connectivity index (χ2n) is 5.83. The Hall–Kier alpha value is -0.890. The largest absolute Gasteiger partial charge is 0.311 e. The van der Waals surface area contributed by atoms with Gasteiger partial charge in [-0.25, -0.2) is 4.39 Å². The lowest BCUT2D eigenvalue weighted by Gasteiger charge is -2.30. The fourth-order valence-electron chi connectivity index (χ4n) is 3.04. The molecule has 1 saturated carbocycles. The van der Waals surface area contributed by atoms with E-state index in [4.69, 9.17) is 0 Å². The molecule has 0 radical (unpaired) electrons. The van der Waals surface area contributed by atoms with E-state index in [1.165, 1.54) is 25.7 Å². The van der Waals surface area contributed by atoms with Crippen LogP contribution in [-0.4, -0.2) is 12.1 Å². The van der Waals surface area contributed by atoms with Gasteiger partial charge in [-0.05, 0) is 43.7 Å². The average Bonchev–Trinajstić information content (AvgIpc) is 2.32. The predicted octanol–water partition coefficient (Wildman–Crippen LogP) is 3.93. The van der Waals surface area contributed by atoms with E-state index in [0.717, 1.165) is 17.9 Å². The first-order valence-corrected chi connectivity index (χ1v) is 7.14. The van der Waals surface area contributed by atoms with Crippen molar-refractivity contribution in [3.63, 3.8) is 0 Å². The zero-order valence-corrected chi connectivity index (χ0v) is 11.5. The van der Waals surface area contributed by atoms with Gasteiger partial charge in [-0.3, -0.25) is 0 Å². The van der Waals surface area contributed by atoms with Crippen LogP contribution >= 0.6 is 0 Å². The SMILES string of the molecule is CC1CCCC(NC(C)Cc2ccccc2F)C1. The highest BCUT2D eigenvalue weighted by molar-refractivity contribution is 5.18. The molecule has 100 valence electrons. The molecular formula is C16H24FN. The number of nitrogens with one attached hydrogen (secondary N) is 1. The Bertz CT molecular complexity index is 377. The minimum atomic E-state index is -0.0804. The average molecular weight is 249 g/mol. The number of halogens is 1. The summed E-state index contributed by atoms with van der Waals surface area (Å²) in [4.78, 5) is 0. The summed E-state index contributed by atoms with van der Waals surface area (Å²) in [6, 6.07) is 8.06. The summed E-state index contributed by atoms with van der Waals surface area (Å²) in [5.74, 6) is 0.750. The molecule has 1 fully saturated rings. The van der Waals surface area contributed by atoms with Crippen LogP contribution in [0.1, 0.15) is 45.1 Å². The Kier molecular flexibility index (Phi) is 4.76. The van der Waals surface area contributed by atoms with Crippen LogP contribution in [0.25, 0.3) is 0 Å². The van der Waals surface area contributed by atoms with Gasteiger partial charge in [-0.1, -0.05) is 38.0 Å². The molecule has 3 unspecified atom stereocenters. The van der Waals surface area contributed by atoms with Crippen LogP contribution in [0.5, 0.6) is 0 Å². The lowest BCUT2D eigenvalue weighted by Crippen LogP contribution is -2.40. The van der Waals surface area contributed by atoms with Crippen LogP contribution < -0.4 is 5.32 Å². The van der Waals surface area contributed by atoms with Gasteiger partial charge < -0.3 is 5.32 Å². The van der Waals surface area contributed by atoms with Crippen molar-refractivity contribution < 1.29 is 4.39 Å². The molecule has 18 heavy (non-hydrogen) atoms. The fraction of sp³-hybridized carbons (Fsp3) is 0.625. The van der Waals surface area contributed by atoms with Crippen molar-refractivity contribution in [3.05, 3.63) is 35.6 Å². The third-order valence-corrected chi connectivity index (χ3v) is 3.94. The van der Waals surface area contributed by atoms with Gasteiger partial charge in [-0.2, -0.15) is 0 Å². The maximum atomic E-state index is 13.6. The molecule has 0 saturated heterocycles. The molecular weight excluding hydrogens is 225 g/mol. The zero-order chi connectivity index (χ0) is 13.0. The summed E-state index contributed by atoms with van der Waals surface area (Å²) in [5.41, 5.74) is 0.821. The first-order valence-electron chi connectivity index (χ1n) is 7.14. The molecule has 0 heterocycles.